The van der Waals surface area contributed by atoms with E-state index in [1.165, 1.54) is 11.8 Å². The Hall–Kier alpha value is -1.63. The zero-order chi connectivity index (χ0) is 15.4. The predicted molar refractivity (Wildman–Crippen MR) is 70.8 cm³/mol. The van der Waals surface area contributed by atoms with Crippen molar-refractivity contribution in [2.24, 2.45) is 5.92 Å². The highest BCUT2D eigenvalue weighted by atomic mass is 16.4. The molecule has 1 heterocycles. The van der Waals surface area contributed by atoms with Crippen LogP contribution in [0.2, 0.25) is 0 Å². The minimum Gasteiger partial charge on any atom is -0.480 e. The Morgan fingerprint density at radius 2 is 2.00 bits per heavy atom. The third-order valence-corrected chi connectivity index (χ3v) is 3.76. The number of carbonyl (C=O) groups is 3. The Labute approximate surface area is 117 Å². The van der Waals surface area contributed by atoms with E-state index in [1.807, 2.05) is 6.92 Å². The number of carboxylic acids is 1. The first-order valence-electron chi connectivity index (χ1n) is 6.76. The third-order valence-electron chi connectivity index (χ3n) is 3.76. The van der Waals surface area contributed by atoms with Crippen molar-refractivity contribution in [2.75, 3.05) is 6.54 Å². The minimum absolute atomic E-state index is 0.106. The summed E-state index contributed by atoms with van der Waals surface area (Å²) in [6.07, 6.45) is 0.000639. The first-order chi connectivity index (χ1) is 9.27. The molecule has 0 aromatic carbocycles. The van der Waals surface area contributed by atoms with Gasteiger partial charge in [0.2, 0.25) is 11.8 Å². The molecule has 1 rings (SSSR count). The van der Waals surface area contributed by atoms with Gasteiger partial charge in [-0.05, 0) is 5.92 Å². The first-order valence-corrected chi connectivity index (χ1v) is 6.76. The van der Waals surface area contributed by atoms with Crippen molar-refractivity contribution < 1.29 is 24.6 Å². The molecule has 3 N–H and O–H groups in total. The van der Waals surface area contributed by atoms with Crippen molar-refractivity contribution in [1.82, 2.24) is 10.2 Å². The Morgan fingerprint density at radius 1 is 1.40 bits per heavy atom. The van der Waals surface area contributed by atoms with E-state index in [4.69, 9.17) is 5.11 Å². The van der Waals surface area contributed by atoms with Crippen molar-refractivity contribution in [3.8, 4) is 0 Å². The average molecular weight is 286 g/mol. The molecule has 0 aliphatic carbocycles. The predicted octanol–water partition coefficient (Wildman–Crippen LogP) is -0.416. The van der Waals surface area contributed by atoms with Gasteiger partial charge in [-0.1, -0.05) is 20.3 Å². The van der Waals surface area contributed by atoms with Gasteiger partial charge < -0.3 is 20.4 Å². The fraction of sp³-hybridized carbons (Fsp3) is 0.769. The average Bonchev–Trinajstić information content (AvgIpc) is 2.76. The Morgan fingerprint density at radius 3 is 2.45 bits per heavy atom. The summed E-state index contributed by atoms with van der Waals surface area (Å²) in [6.45, 7) is 5.01. The van der Waals surface area contributed by atoms with Crippen LogP contribution < -0.4 is 5.32 Å². The van der Waals surface area contributed by atoms with E-state index in [9.17, 15) is 19.5 Å². The summed E-state index contributed by atoms with van der Waals surface area (Å²) < 4.78 is 0. The maximum atomic E-state index is 12.2. The van der Waals surface area contributed by atoms with Crippen molar-refractivity contribution in [3.05, 3.63) is 0 Å². The second kappa shape index (κ2) is 6.69. The van der Waals surface area contributed by atoms with Gasteiger partial charge in [0.25, 0.3) is 0 Å². The summed E-state index contributed by atoms with van der Waals surface area (Å²) in [4.78, 5) is 36.1. The van der Waals surface area contributed by atoms with Crippen molar-refractivity contribution >= 4 is 17.8 Å². The van der Waals surface area contributed by atoms with Gasteiger partial charge in [-0.25, -0.2) is 4.79 Å². The molecular formula is C13H22N2O5. The van der Waals surface area contributed by atoms with Crippen LogP contribution in [-0.4, -0.2) is 57.6 Å². The van der Waals surface area contributed by atoms with Crippen LogP contribution in [0.25, 0.3) is 0 Å². The molecule has 0 unspecified atom stereocenters. The van der Waals surface area contributed by atoms with E-state index in [0.717, 1.165) is 0 Å². The van der Waals surface area contributed by atoms with E-state index >= 15 is 0 Å². The second-order valence-corrected chi connectivity index (χ2v) is 5.29. The summed E-state index contributed by atoms with van der Waals surface area (Å²) in [7, 11) is 0. The summed E-state index contributed by atoms with van der Waals surface area (Å²) >= 11 is 0. The molecular weight excluding hydrogens is 264 g/mol. The first kappa shape index (κ1) is 16.4. The highest BCUT2D eigenvalue weighted by molar-refractivity contribution is 5.90. The molecule has 1 fully saturated rings. The van der Waals surface area contributed by atoms with E-state index < -0.39 is 30.1 Å². The largest absolute Gasteiger partial charge is 0.480 e. The number of nitrogens with one attached hydrogen (secondary N) is 1. The van der Waals surface area contributed by atoms with Crippen LogP contribution in [0.3, 0.4) is 0 Å². The van der Waals surface area contributed by atoms with Gasteiger partial charge in [0, 0.05) is 19.9 Å². The minimum atomic E-state index is -1.10. The monoisotopic (exact) mass is 286 g/mol. The molecule has 1 aliphatic rings. The molecule has 1 aliphatic heterocycles. The Kier molecular flexibility index (Phi) is 5.50. The normalized spacial score (nSPS) is 25.1. The fourth-order valence-corrected chi connectivity index (χ4v) is 2.34. The lowest BCUT2D eigenvalue weighted by atomic mass is 9.98. The molecule has 2 amide bonds. The molecule has 0 spiro atoms. The van der Waals surface area contributed by atoms with Gasteiger partial charge in [0.05, 0.1) is 6.10 Å². The maximum absolute atomic E-state index is 12.2. The van der Waals surface area contributed by atoms with Gasteiger partial charge in [-0.2, -0.15) is 0 Å². The number of likely N-dealkylation sites (tertiary alicyclic amines) is 1. The summed E-state index contributed by atoms with van der Waals surface area (Å²) in [5.41, 5.74) is 0. The topological polar surface area (TPSA) is 107 Å². The van der Waals surface area contributed by atoms with Gasteiger partial charge >= 0.3 is 5.97 Å². The highest BCUT2D eigenvalue weighted by Crippen LogP contribution is 2.19. The molecule has 1 saturated heterocycles. The van der Waals surface area contributed by atoms with Crippen molar-refractivity contribution in [3.63, 3.8) is 0 Å². The molecule has 0 saturated carbocycles. The third kappa shape index (κ3) is 3.69. The van der Waals surface area contributed by atoms with Crippen LogP contribution in [0.4, 0.5) is 0 Å². The number of nitrogens with zero attached hydrogens (tertiary/aromatic N) is 1. The molecule has 0 aromatic heterocycles. The number of hydrogen-bond donors (Lipinski definition) is 3. The number of aliphatic carboxylic acids is 1. The van der Waals surface area contributed by atoms with Crippen LogP contribution in [0, 0.1) is 5.92 Å². The van der Waals surface area contributed by atoms with E-state index in [-0.39, 0.29) is 24.8 Å². The Balaban J connectivity index is 2.78. The lowest BCUT2D eigenvalue weighted by Crippen LogP contribution is -2.52. The van der Waals surface area contributed by atoms with Crippen molar-refractivity contribution in [2.45, 2.75) is 51.8 Å². The van der Waals surface area contributed by atoms with Crippen LogP contribution in [-0.2, 0) is 14.4 Å². The zero-order valence-corrected chi connectivity index (χ0v) is 12.0. The summed E-state index contributed by atoms with van der Waals surface area (Å²) in [6, 6.07) is -1.78. The number of aliphatic hydroxyl groups is 1. The SMILES string of the molecule is CC[C@H](C)[C@H](NC(=O)[C@@H]1C[C@@H](O)CN1C(C)=O)C(=O)O. The number of rotatable bonds is 5. The molecule has 0 aromatic rings. The lowest BCUT2D eigenvalue weighted by molar-refractivity contribution is -0.144. The standard InChI is InChI=1S/C13H22N2O5/c1-4-7(2)11(13(19)20)14-12(18)10-5-9(17)6-15(10)8(3)16/h7,9-11,17H,4-6H2,1-3H3,(H,14,18)(H,19,20)/t7-,9+,10-,11-/m0/s1. The number of hydrogen-bond acceptors (Lipinski definition) is 4. The van der Waals surface area contributed by atoms with Gasteiger partial charge in [-0.3, -0.25) is 9.59 Å². The molecule has 0 bridgehead atoms. The molecule has 114 valence electrons. The summed E-state index contributed by atoms with van der Waals surface area (Å²) in [5.74, 6) is -2.14. The second-order valence-electron chi connectivity index (χ2n) is 5.29. The smallest absolute Gasteiger partial charge is 0.326 e. The van der Waals surface area contributed by atoms with Gasteiger partial charge in [-0.15, -0.1) is 0 Å². The van der Waals surface area contributed by atoms with Gasteiger partial charge in [0.1, 0.15) is 12.1 Å². The molecule has 0 radical (unpaired) electrons. The number of amides is 2. The molecule has 7 heteroatoms. The number of aliphatic hydroxyl groups excluding tert-OH is 1. The quantitative estimate of drug-likeness (QED) is 0.636. The molecule has 20 heavy (non-hydrogen) atoms. The van der Waals surface area contributed by atoms with E-state index in [1.54, 1.807) is 6.92 Å². The van der Waals surface area contributed by atoms with E-state index in [2.05, 4.69) is 5.32 Å². The molecule has 7 nitrogen and oxygen atoms in total. The fourth-order valence-electron chi connectivity index (χ4n) is 2.34. The summed E-state index contributed by atoms with van der Waals surface area (Å²) in [5, 5.41) is 21.2. The maximum Gasteiger partial charge on any atom is 0.326 e. The number of carboxylic acid groups (broad SMARTS) is 1. The Bertz CT molecular complexity index is 398. The number of β-amino-alcohol motifs (C(OH)–C–C–N with tert-alkyl or cyclic N) is 1. The van der Waals surface area contributed by atoms with Crippen LogP contribution in [0.1, 0.15) is 33.6 Å². The van der Waals surface area contributed by atoms with Crippen LogP contribution in [0.5, 0.6) is 0 Å². The van der Waals surface area contributed by atoms with Gasteiger partial charge in [0.15, 0.2) is 0 Å². The van der Waals surface area contributed by atoms with Crippen LogP contribution in [0.15, 0.2) is 0 Å². The lowest BCUT2D eigenvalue weighted by Gasteiger charge is -2.26. The zero-order valence-electron chi connectivity index (χ0n) is 12.0. The van der Waals surface area contributed by atoms with Crippen LogP contribution >= 0.6 is 0 Å². The molecule has 4 atom stereocenters. The highest BCUT2D eigenvalue weighted by Gasteiger charge is 2.39. The van der Waals surface area contributed by atoms with E-state index in [0.29, 0.717) is 6.42 Å². The number of carbonyl (C=O) groups excluding carboxylic acids is 2. The van der Waals surface area contributed by atoms with Crippen molar-refractivity contribution in [1.29, 1.82) is 0 Å².